The molecule has 1 aromatic heterocycles. The first kappa shape index (κ1) is 17.6. The molecule has 2 aliphatic rings. The van der Waals surface area contributed by atoms with Crippen molar-refractivity contribution < 1.29 is 18.3 Å². The number of benzene rings is 2. The maximum atomic E-state index is 13.6. The SMILES string of the molecule is O=C(N1CC(Oc2ccc3nc[nH]c3c2)C1)N1N=CCC1c1cc(F)cc(F)c1. The van der Waals surface area contributed by atoms with E-state index >= 15 is 0 Å². The van der Waals surface area contributed by atoms with Gasteiger partial charge in [0.15, 0.2) is 0 Å². The Hall–Kier alpha value is -3.49. The highest BCUT2D eigenvalue weighted by molar-refractivity contribution is 5.79. The van der Waals surface area contributed by atoms with Crippen LogP contribution in [0.5, 0.6) is 5.75 Å². The average molecular weight is 397 g/mol. The molecule has 3 aromatic rings. The van der Waals surface area contributed by atoms with E-state index in [1.807, 2.05) is 18.2 Å². The largest absolute Gasteiger partial charge is 0.487 e. The van der Waals surface area contributed by atoms with Crippen LogP contribution in [0.3, 0.4) is 0 Å². The summed E-state index contributed by atoms with van der Waals surface area (Å²) < 4.78 is 33.0. The van der Waals surface area contributed by atoms with E-state index in [9.17, 15) is 13.6 Å². The second-order valence-corrected chi connectivity index (χ2v) is 7.11. The predicted molar refractivity (Wildman–Crippen MR) is 102 cm³/mol. The molecule has 1 N–H and O–H groups in total. The number of hydrazone groups is 1. The van der Waals surface area contributed by atoms with Gasteiger partial charge in [0, 0.05) is 24.8 Å². The molecule has 0 saturated carbocycles. The molecule has 1 unspecified atom stereocenters. The molecule has 5 rings (SSSR count). The standard InChI is InChI=1S/C20H17F2N5O2/c21-13-5-12(6-14(22)7-13)19-3-4-25-27(19)20(28)26-9-16(10-26)29-15-1-2-17-18(8-15)24-11-23-17/h1-2,4-8,11,16,19H,3,9-10H2,(H,23,24). The summed E-state index contributed by atoms with van der Waals surface area (Å²) in [6.07, 6.45) is 3.48. The number of likely N-dealkylation sites (tertiary alicyclic amines) is 1. The maximum Gasteiger partial charge on any atom is 0.341 e. The Morgan fingerprint density at radius 3 is 2.72 bits per heavy atom. The minimum atomic E-state index is -0.675. The van der Waals surface area contributed by atoms with Crippen LogP contribution >= 0.6 is 0 Å². The van der Waals surface area contributed by atoms with Crippen molar-refractivity contribution in [1.82, 2.24) is 19.9 Å². The second-order valence-electron chi connectivity index (χ2n) is 7.11. The van der Waals surface area contributed by atoms with Gasteiger partial charge in [-0.25, -0.2) is 23.6 Å². The Balaban J connectivity index is 1.23. The zero-order chi connectivity index (χ0) is 20.0. The number of urea groups is 1. The average Bonchev–Trinajstić information content (AvgIpc) is 3.31. The summed E-state index contributed by atoms with van der Waals surface area (Å²) in [6, 6.07) is 8.02. The van der Waals surface area contributed by atoms with Gasteiger partial charge in [0.05, 0.1) is 36.5 Å². The molecule has 148 valence electrons. The Kier molecular flexibility index (Phi) is 4.15. The van der Waals surface area contributed by atoms with E-state index in [0.29, 0.717) is 30.8 Å². The van der Waals surface area contributed by atoms with Crippen LogP contribution in [-0.2, 0) is 0 Å². The maximum absolute atomic E-state index is 13.6. The molecule has 0 aliphatic carbocycles. The third-order valence-electron chi connectivity index (χ3n) is 5.11. The quantitative estimate of drug-likeness (QED) is 0.736. The number of rotatable bonds is 3. The smallest absolute Gasteiger partial charge is 0.341 e. The van der Waals surface area contributed by atoms with Crippen molar-refractivity contribution in [2.45, 2.75) is 18.6 Å². The lowest BCUT2D eigenvalue weighted by molar-refractivity contribution is 0.0278. The molecule has 0 spiro atoms. The van der Waals surface area contributed by atoms with Gasteiger partial charge >= 0.3 is 6.03 Å². The fourth-order valence-electron chi connectivity index (χ4n) is 3.64. The number of fused-ring (bicyclic) bond motifs is 1. The Bertz CT molecular complexity index is 1090. The first-order valence-electron chi connectivity index (χ1n) is 9.23. The highest BCUT2D eigenvalue weighted by atomic mass is 19.1. The molecule has 1 fully saturated rings. The molecular formula is C20H17F2N5O2. The molecule has 3 heterocycles. The van der Waals surface area contributed by atoms with Gasteiger partial charge in [-0.3, -0.25) is 0 Å². The molecule has 7 nitrogen and oxygen atoms in total. The van der Waals surface area contributed by atoms with Crippen molar-refractivity contribution in [3.05, 3.63) is 59.9 Å². The number of nitrogens with one attached hydrogen (secondary N) is 1. The number of imidazole rings is 1. The molecule has 29 heavy (non-hydrogen) atoms. The van der Waals surface area contributed by atoms with Gasteiger partial charge in [-0.15, -0.1) is 0 Å². The third kappa shape index (κ3) is 3.28. The Morgan fingerprint density at radius 2 is 1.93 bits per heavy atom. The summed E-state index contributed by atoms with van der Waals surface area (Å²) in [5.74, 6) is -0.650. The van der Waals surface area contributed by atoms with Gasteiger partial charge in [-0.1, -0.05) is 0 Å². The highest BCUT2D eigenvalue weighted by Crippen LogP contribution is 2.31. The van der Waals surface area contributed by atoms with Crippen LogP contribution in [0.4, 0.5) is 13.6 Å². The van der Waals surface area contributed by atoms with Gasteiger partial charge in [-0.05, 0) is 29.8 Å². The third-order valence-corrected chi connectivity index (χ3v) is 5.11. The van der Waals surface area contributed by atoms with Gasteiger partial charge in [0.2, 0.25) is 0 Å². The van der Waals surface area contributed by atoms with Gasteiger partial charge in [-0.2, -0.15) is 5.10 Å². The molecule has 1 saturated heterocycles. The van der Waals surface area contributed by atoms with E-state index in [1.54, 1.807) is 17.4 Å². The first-order valence-corrected chi connectivity index (χ1v) is 9.23. The lowest BCUT2D eigenvalue weighted by atomic mass is 10.0. The molecule has 1 atom stereocenters. The molecule has 2 aliphatic heterocycles. The number of nitrogens with zero attached hydrogens (tertiary/aromatic N) is 4. The second kappa shape index (κ2) is 6.84. The van der Waals surface area contributed by atoms with Crippen LogP contribution < -0.4 is 4.74 Å². The van der Waals surface area contributed by atoms with Crippen molar-refractivity contribution in [3.63, 3.8) is 0 Å². The van der Waals surface area contributed by atoms with E-state index in [4.69, 9.17) is 4.74 Å². The number of carbonyl (C=O) groups is 1. The van der Waals surface area contributed by atoms with E-state index in [1.165, 1.54) is 17.1 Å². The lowest BCUT2D eigenvalue weighted by Crippen LogP contribution is -2.58. The molecule has 0 radical (unpaired) electrons. The van der Waals surface area contributed by atoms with Gasteiger partial charge < -0.3 is 14.6 Å². The van der Waals surface area contributed by atoms with Crippen molar-refractivity contribution in [3.8, 4) is 5.75 Å². The number of aromatic nitrogens is 2. The van der Waals surface area contributed by atoms with Crippen molar-refractivity contribution in [2.75, 3.05) is 13.1 Å². The summed E-state index contributed by atoms with van der Waals surface area (Å²) in [6.45, 7) is 0.826. The summed E-state index contributed by atoms with van der Waals surface area (Å²) in [5, 5.41) is 5.39. The summed E-state index contributed by atoms with van der Waals surface area (Å²) in [7, 11) is 0. The Morgan fingerprint density at radius 1 is 1.14 bits per heavy atom. The fraction of sp³-hybridized carbons (Fsp3) is 0.250. The molecule has 2 aromatic carbocycles. The minimum Gasteiger partial charge on any atom is -0.487 e. The van der Waals surface area contributed by atoms with Crippen LogP contribution in [-0.4, -0.2) is 51.3 Å². The number of aromatic amines is 1. The highest BCUT2D eigenvalue weighted by Gasteiger charge is 2.39. The zero-order valence-corrected chi connectivity index (χ0v) is 15.3. The van der Waals surface area contributed by atoms with Gasteiger partial charge in [0.1, 0.15) is 23.5 Å². The van der Waals surface area contributed by atoms with Crippen LogP contribution in [0.25, 0.3) is 11.0 Å². The monoisotopic (exact) mass is 397 g/mol. The van der Waals surface area contributed by atoms with E-state index < -0.39 is 17.7 Å². The van der Waals surface area contributed by atoms with Crippen LogP contribution in [0.1, 0.15) is 18.0 Å². The van der Waals surface area contributed by atoms with Crippen LogP contribution in [0.15, 0.2) is 47.8 Å². The number of amides is 2. The topological polar surface area (TPSA) is 73.8 Å². The van der Waals surface area contributed by atoms with E-state index in [2.05, 4.69) is 15.1 Å². The number of hydrogen-bond donors (Lipinski definition) is 1. The van der Waals surface area contributed by atoms with Crippen LogP contribution in [0, 0.1) is 11.6 Å². The molecule has 0 bridgehead atoms. The van der Waals surface area contributed by atoms with E-state index in [-0.39, 0.29) is 12.1 Å². The van der Waals surface area contributed by atoms with Gasteiger partial charge in [0.25, 0.3) is 0 Å². The zero-order valence-electron chi connectivity index (χ0n) is 15.3. The van der Waals surface area contributed by atoms with Crippen LogP contribution in [0.2, 0.25) is 0 Å². The lowest BCUT2D eigenvalue weighted by Gasteiger charge is -2.41. The number of hydrogen-bond acceptors (Lipinski definition) is 4. The number of carbonyl (C=O) groups excluding carboxylic acids is 1. The van der Waals surface area contributed by atoms with E-state index in [0.717, 1.165) is 17.1 Å². The Labute approximate surface area is 164 Å². The minimum absolute atomic E-state index is 0.129. The summed E-state index contributed by atoms with van der Waals surface area (Å²) >= 11 is 0. The van der Waals surface area contributed by atoms with Crippen molar-refractivity contribution in [1.29, 1.82) is 0 Å². The number of halogens is 2. The molecule has 2 amide bonds. The number of H-pyrrole nitrogens is 1. The summed E-state index contributed by atoms with van der Waals surface area (Å²) in [4.78, 5) is 21.6. The van der Waals surface area contributed by atoms with Crippen molar-refractivity contribution >= 4 is 23.3 Å². The fourth-order valence-corrected chi connectivity index (χ4v) is 3.64. The number of ether oxygens (including phenoxy) is 1. The first-order chi connectivity index (χ1) is 14.1. The molecule has 9 heteroatoms. The predicted octanol–water partition coefficient (Wildman–Crippen LogP) is 3.46. The normalized spacial score (nSPS) is 19.0. The van der Waals surface area contributed by atoms with Crippen molar-refractivity contribution in [2.24, 2.45) is 5.10 Å². The summed E-state index contributed by atoms with van der Waals surface area (Å²) in [5.41, 5.74) is 2.12. The molecular weight excluding hydrogens is 380 g/mol.